The second kappa shape index (κ2) is 5.47. The van der Waals surface area contributed by atoms with Gasteiger partial charge in [-0.15, -0.1) is 0 Å². The third kappa shape index (κ3) is 2.69. The maximum absolute atomic E-state index is 11.4. The highest BCUT2D eigenvalue weighted by Crippen LogP contribution is 2.39. The maximum Gasteiger partial charge on any atom is 0.355 e. The van der Waals surface area contributed by atoms with Crippen molar-refractivity contribution in [1.29, 1.82) is 0 Å². The molecule has 110 valence electrons. The Bertz CT molecular complexity index is 664. The Hall–Kier alpha value is -2.51. The van der Waals surface area contributed by atoms with Crippen molar-refractivity contribution >= 4 is 11.5 Å². The van der Waals surface area contributed by atoms with Crippen LogP contribution >= 0.6 is 0 Å². The summed E-state index contributed by atoms with van der Waals surface area (Å²) in [5, 5.41) is 18.7. The molecule has 0 aliphatic heterocycles. The van der Waals surface area contributed by atoms with Gasteiger partial charge < -0.3 is 5.32 Å². The molecule has 0 aromatic carbocycles. The van der Waals surface area contributed by atoms with Gasteiger partial charge in [0.1, 0.15) is 6.33 Å². The van der Waals surface area contributed by atoms with Gasteiger partial charge >= 0.3 is 5.69 Å². The third-order valence-corrected chi connectivity index (χ3v) is 3.35. The summed E-state index contributed by atoms with van der Waals surface area (Å²) in [6.07, 6.45) is 6.15. The fourth-order valence-corrected chi connectivity index (χ4v) is 2.13. The highest BCUT2D eigenvalue weighted by molar-refractivity contribution is 5.63. The van der Waals surface area contributed by atoms with Gasteiger partial charge in [-0.25, -0.2) is 14.6 Å². The van der Waals surface area contributed by atoms with Crippen molar-refractivity contribution < 1.29 is 4.92 Å². The maximum atomic E-state index is 11.4. The van der Waals surface area contributed by atoms with Gasteiger partial charge in [-0.2, -0.15) is 5.10 Å². The zero-order valence-electron chi connectivity index (χ0n) is 11.7. The highest BCUT2D eigenvalue weighted by atomic mass is 16.6. The molecule has 21 heavy (non-hydrogen) atoms. The molecule has 3 rings (SSSR count). The zero-order chi connectivity index (χ0) is 14.8. The first-order valence-electron chi connectivity index (χ1n) is 7.00. The van der Waals surface area contributed by atoms with E-state index in [0.29, 0.717) is 12.5 Å². The van der Waals surface area contributed by atoms with Crippen LogP contribution in [0.1, 0.15) is 37.8 Å². The molecule has 1 fully saturated rings. The molecular weight excluding hydrogens is 272 g/mol. The highest BCUT2D eigenvalue weighted by Gasteiger charge is 2.28. The molecule has 1 aliphatic carbocycles. The Balaban J connectivity index is 2.01. The van der Waals surface area contributed by atoms with Crippen LogP contribution in [0.2, 0.25) is 0 Å². The molecule has 0 radical (unpaired) electrons. The number of rotatable bonds is 6. The van der Waals surface area contributed by atoms with Crippen LogP contribution in [0.15, 0.2) is 18.6 Å². The van der Waals surface area contributed by atoms with Crippen molar-refractivity contribution in [1.82, 2.24) is 19.7 Å². The lowest BCUT2D eigenvalue weighted by atomic mass is 10.3. The van der Waals surface area contributed by atoms with Crippen LogP contribution in [0.5, 0.6) is 0 Å². The van der Waals surface area contributed by atoms with Crippen LogP contribution in [0, 0.1) is 10.1 Å². The first-order chi connectivity index (χ1) is 10.2. The van der Waals surface area contributed by atoms with Crippen molar-refractivity contribution in [3.63, 3.8) is 0 Å². The summed E-state index contributed by atoms with van der Waals surface area (Å²) >= 11 is 0. The quantitative estimate of drug-likeness (QED) is 0.646. The van der Waals surface area contributed by atoms with E-state index in [1.54, 1.807) is 6.20 Å². The molecule has 0 saturated heterocycles. The number of nitro groups is 1. The fourth-order valence-electron chi connectivity index (χ4n) is 2.13. The van der Waals surface area contributed by atoms with Crippen molar-refractivity contribution in [2.24, 2.45) is 0 Å². The summed E-state index contributed by atoms with van der Waals surface area (Å²) in [6, 6.07) is 1.89. The van der Waals surface area contributed by atoms with E-state index in [1.807, 2.05) is 13.0 Å². The molecule has 8 heteroatoms. The molecule has 0 bridgehead atoms. The molecule has 0 spiro atoms. The molecule has 0 amide bonds. The lowest BCUT2D eigenvalue weighted by Crippen LogP contribution is -2.10. The van der Waals surface area contributed by atoms with Gasteiger partial charge in [-0.3, -0.25) is 10.1 Å². The van der Waals surface area contributed by atoms with Gasteiger partial charge in [-0.05, 0) is 25.3 Å². The summed E-state index contributed by atoms with van der Waals surface area (Å²) in [5.41, 5.74) is 0.822. The largest absolute Gasteiger partial charge is 0.364 e. The molecule has 1 N–H and O–H groups in total. The molecule has 8 nitrogen and oxygen atoms in total. The number of hydrogen-bond donors (Lipinski definition) is 1. The van der Waals surface area contributed by atoms with Crippen LogP contribution in [-0.4, -0.2) is 31.2 Å². The number of nitrogens with one attached hydrogen (secondary N) is 1. The van der Waals surface area contributed by atoms with Gasteiger partial charge in [-0.1, -0.05) is 6.92 Å². The van der Waals surface area contributed by atoms with Crippen molar-refractivity contribution in [2.75, 3.05) is 11.9 Å². The molecule has 1 saturated carbocycles. The Kier molecular flexibility index (Phi) is 3.51. The Morgan fingerprint density at radius 2 is 2.29 bits per heavy atom. The van der Waals surface area contributed by atoms with E-state index >= 15 is 0 Å². The molecule has 2 heterocycles. The average Bonchev–Trinajstić information content (AvgIpc) is 3.22. The molecule has 2 aromatic rings. The van der Waals surface area contributed by atoms with E-state index in [4.69, 9.17) is 0 Å². The lowest BCUT2D eigenvalue weighted by molar-refractivity contribution is -0.384. The minimum Gasteiger partial charge on any atom is -0.364 e. The second-order valence-electron chi connectivity index (χ2n) is 5.04. The first-order valence-corrected chi connectivity index (χ1v) is 7.00. The van der Waals surface area contributed by atoms with E-state index in [0.717, 1.165) is 25.0 Å². The summed E-state index contributed by atoms with van der Waals surface area (Å²) in [7, 11) is 0. The first kappa shape index (κ1) is 13.5. The summed E-state index contributed by atoms with van der Waals surface area (Å²) in [6.45, 7) is 2.60. The number of nitrogens with zero attached hydrogens (tertiary/aromatic N) is 5. The molecule has 0 atom stereocenters. The number of hydrogen-bond acceptors (Lipinski definition) is 6. The topological polar surface area (TPSA) is 98.8 Å². The average molecular weight is 288 g/mol. The van der Waals surface area contributed by atoms with Gasteiger partial charge in [0.2, 0.25) is 11.6 Å². The number of anilines is 1. The van der Waals surface area contributed by atoms with Crippen LogP contribution in [0.4, 0.5) is 11.5 Å². The zero-order valence-corrected chi connectivity index (χ0v) is 11.7. The number of aromatic nitrogens is 4. The Morgan fingerprint density at radius 3 is 2.95 bits per heavy atom. The molecule has 2 aromatic heterocycles. The van der Waals surface area contributed by atoms with Crippen molar-refractivity contribution in [3.8, 4) is 5.82 Å². The summed E-state index contributed by atoms with van der Waals surface area (Å²) in [5.74, 6) is 0.917. The predicted molar refractivity (Wildman–Crippen MR) is 76.6 cm³/mol. The van der Waals surface area contributed by atoms with Crippen LogP contribution in [0.25, 0.3) is 5.82 Å². The lowest BCUT2D eigenvalue weighted by Gasteiger charge is -2.07. The SMILES string of the molecule is CCCNc1ncnc(-n2ccc(C3CC3)n2)c1[N+](=O)[O-]. The van der Waals surface area contributed by atoms with E-state index in [2.05, 4.69) is 20.4 Å². The van der Waals surface area contributed by atoms with Crippen LogP contribution < -0.4 is 5.32 Å². The van der Waals surface area contributed by atoms with Gasteiger partial charge in [0.05, 0.1) is 10.6 Å². The molecular formula is C13H16N6O2. The Labute approximate surface area is 121 Å². The van der Waals surface area contributed by atoms with E-state index < -0.39 is 4.92 Å². The summed E-state index contributed by atoms with van der Waals surface area (Å²) in [4.78, 5) is 18.9. The molecule has 1 aliphatic rings. The Morgan fingerprint density at radius 1 is 1.48 bits per heavy atom. The monoisotopic (exact) mass is 288 g/mol. The minimum absolute atomic E-state index is 0.142. The summed E-state index contributed by atoms with van der Waals surface area (Å²) < 4.78 is 1.46. The van der Waals surface area contributed by atoms with E-state index in [-0.39, 0.29) is 17.3 Å². The minimum atomic E-state index is -0.466. The van der Waals surface area contributed by atoms with Crippen molar-refractivity contribution in [3.05, 3.63) is 34.4 Å². The smallest absolute Gasteiger partial charge is 0.355 e. The van der Waals surface area contributed by atoms with Gasteiger partial charge in [0.15, 0.2) is 0 Å². The third-order valence-electron chi connectivity index (χ3n) is 3.35. The van der Waals surface area contributed by atoms with Crippen LogP contribution in [0.3, 0.4) is 0 Å². The van der Waals surface area contributed by atoms with E-state index in [9.17, 15) is 10.1 Å². The van der Waals surface area contributed by atoms with E-state index in [1.165, 1.54) is 11.0 Å². The fraction of sp³-hybridized carbons (Fsp3) is 0.462. The van der Waals surface area contributed by atoms with Gasteiger partial charge in [0, 0.05) is 18.7 Å². The normalized spacial score (nSPS) is 14.1. The van der Waals surface area contributed by atoms with Crippen molar-refractivity contribution in [2.45, 2.75) is 32.1 Å². The second-order valence-corrected chi connectivity index (χ2v) is 5.04. The van der Waals surface area contributed by atoms with Gasteiger partial charge in [0.25, 0.3) is 0 Å². The predicted octanol–water partition coefficient (Wildman–Crippen LogP) is 2.27. The standard InChI is InChI=1S/C13H16N6O2/c1-2-6-14-12-11(19(20)21)13(16-8-15-12)18-7-5-10(17-18)9-3-4-9/h5,7-9H,2-4,6H2,1H3,(H,14,15,16). The molecule has 0 unspecified atom stereocenters. The van der Waals surface area contributed by atoms with Crippen LogP contribution in [-0.2, 0) is 0 Å².